The van der Waals surface area contributed by atoms with Crippen molar-refractivity contribution in [1.29, 1.82) is 0 Å². The third kappa shape index (κ3) is 2.74. The number of nitrogen functional groups attached to an aromatic ring is 1. The molecule has 19 heavy (non-hydrogen) atoms. The second-order valence-electron chi connectivity index (χ2n) is 5.28. The minimum Gasteiger partial charge on any atom is -0.399 e. The zero-order chi connectivity index (χ0) is 14.2. The van der Waals surface area contributed by atoms with Gasteiger partial charge in [0.05, 0.1) is 0 Å². The van der Waals surface area contributed by atoms with Gasteiger partial charge >= 0.3 is 0 Å². The second kappa shape index (κ2) is 5.09. The van der Waals surface area contributed by atoms with Crippen LogP contribution in [-0.2, 0) is 10.0 Å². The maximum absolute atomic E-state index is 13.8. The Labute approximate surface area is 113 Å². The van der Waals surface area contributed by atoms with E-state index in [2.05, 4.69) is 6.92 Å². The van der Waals surface area contributed by atoms with Crippen LogP contribution >= 0.6 is 0 Å². The van der Waals surface area contributed by atoms with E-state index in [4.69, 9.17) is 5.73 Å². The summed E-state index contributed by atoms with van der Waals surface area (Å²) in [6.07, 6.45) is 1.59. The van der Waals surface area contributed by atoms with Crippen molar-refractivity contribution in [1.82, 2.24) is 4.31 Å². The number of benzene rings is 1. The van der Waals surface area contributed by atoms with Gasteiger partial charge in [0, 0.05) is 18.3 Å². The molecule has 4 nitrogen and oxygen atoms in total. The first-order chi connectivity index (χ1) is 8.82. The molecule has 106 valence electrons. The van der Waals surface area contributed by atoms with E-state index in [1.165, 1.54) is 16.4 Å². The van der Waals surface area contributed by atoms with Crippen LogP contribution in [-0.4, -0.2) is 25.3 Å². The lowest BCUT2D eigenvalue weighted by atomic mass is 9.95. The Kier molecular flexibility index (Phi) is 3.82. The summed E-state index contributed by atoms with van der Waals surface area (Å²) in [7, 11) is -3.81. The summed E-state index contributed by atoms with van der Waals surface area (Å²) >= 11 is 0. The quantitative estimate of drug-likeness (QED) is 0.848. The number of hydrogen-bond donors (Lipinski definition) is 1. The molecule has 2 N–H and O–H groups in total. The standard InChI is InChI=1S/C13H19FN2O2S/c1-9-5-6-16(10(2)7-9)19(17,18)13-8-11(15)3-4-12(13)14/h3-4,8-10H,5-7,15H2,1-2H3. The topological polar surface area (TPSA) is 63.4 Å². The molecule has 0 spiro atoms. The molecular formula is C13H19FN2O2S. The Morgan fingerprint density at radius 3 is 2.68 bits per heavy atom. The molecule has 1 saturated heterocycles. The molecule has 0 aromatic heterocycles. The predicted molar refractivity (Wildman–Crippen MR) is 72.6 cm³/mol. The lowest BCUT2D eigenvalue weighted by Gasteiger charge is -2.35. The Morgan fingerprint density at radius 1 is 1.37 bits per heavy atom. The Bertz CT molecular complexity index is 574. The van der Waals surface area contributed by atoms with Gasteiger partial charge in [-0.05, 0) is 43.9 Å². The summed E-state index contributed by atoms with van der Waals surface area (Å²) in [5.41, 5.74) is 5.81. The highest BCUT2D eigenvalue weighted by Crippen LogP contribution is 2.29. The van der Waals surface area contributed by atoms with Crippen LogP contribution in [0, 0.1) is 11.7 Å². The van der Waals surface area contributed by atoms with Crippen LogP contribution in [0.25, 0.3) is 0 Å². The molecule has 0 aliphatic carbocycles. The first-order valence-corrected chi connectivity index (χ1v) is 7.83. The molecule has 0 bridgehead atoms. The van der Waals surface area contributed by atoms with Gasteiger partial charge in [-0.3, -0.25) is 0 Å². The van der Waals surface area contributed by atoms with Crippen molar-refractivity contribution >= 4 is 15.7 Å². The smallest absolute Gasteiger partial charge is 0.246 e. The van der Waals surface area contributed by atoms with E-state index in [0.29, 0.717) is 12.5 Å². The molecule has 1 aromatic rings. The minimum atomic E-state index is -3.81. The zero-order valence-electron chi connectivity index (χ0n) is 11.1. The number of halogens is 1. The van der Waals surface area contributed by atoms with Gasteiger partial charge < -0.3 is 5.73 Å². The number of nitrogens with zero attached hydrogens (tertiary/aromatic N) is 1. The van der Waals surface area contributed by atoms with Gasteiger partial charge in [-0.15, -0.1) is 0 Å². The molecule has 2 unspecified atom stereocenters. The fourth-order valence-corrected chi connectivity index (χ4v) is 4.34. The van der Waals surface area contributed by atoms with Crippen LogP contribution in [0.15, 0.2) is 23.1 Å². The van der Waals surface area contributed by atoms with Gasteiger partial charge in [-0.2, -0.15) is 4.31 Å². The van der Waals surface area contributed by atoms with Gasteiger partial charge in [0.25, 0.3) is 0 Å². The third-order valence-electron chi connectivity index (χ3n) is 3.62. The van der Waals surface area contributed by atoms with E-state index in [1.807, 2.05) is 6.92 Å². The molecule has 0 radical (unpaired) electrons. The maximum Gasteiger partial charge on any atom is 0.246 e. The van der Waals surface area contributed by atoms with Crippen LogP contribution in [0.5, 0.6) is 0 Å². The van der Waals surface area contributed by atoms with E-state index < -0.39 is 15.8 Å². The summed E-state index contributed by atoms with van der Waals surface area (Å²) in [6, 6.07) is 3.53. The van der Waals surface area contributed by atoms with Crippen LogP contribution in [0.2, 0.25) is 0 Å². The molecule has 1 aliphatic rings. The van der Waals surface area contributed by atoms with Gasteiger partial charge in [0.15, 0.2) is 0 Å². The van der Waals surface area contributed by atoms with Crippen LogP contribution < -0.4 is 5.73 Å². The Hall–Kier alpha value is -1.14. The van der Waals surface area contributed by atoms with Gasteiger partial charge in [0.1, 0.15) is 10.7 Å². The van der Waals surface area contributed by atoms with E-state index in [9.17, 15) is 12.8 Å². The summed E-state index contributed by atoms with van der Waals surface area (Å²) in [5, 5.41) is 0. The molecule has 0 amide bonds. The van der Waals surface area contributed by atoms with Crippen molar-refractivity contribution in [3.05, 3.63) is 24.0 Å². The van der Waals surface area contributed by atoms with E-state index in [0.717, 1.165) is 18.9 Å². The number of rotatable bonds is 2. The molecule has 1 aliphatic heterocycles. The van der Waals surface area contributed by atoms with Crippen molar-refractivity contribution in [3.8, 4) is 0 Å². The van der Waals surface area contributed by atoms with Gasteiger partial charge in [0.2, 0.25) is 10.0 Å². The van der Waals surface area contributed by atoms with Crippen molar-refractivity contribution in [2.75, 3.05) is 12.3 Å². The SMILES string of the molecule is CC1CCN(S(=O)(=O)c2cc(N)ccc2F)C(C)C1. The first kappa shape index (κ1) is 14.3. The highest BCUT2D eigenvalue weighted by atomic mass is 32.2. The Balaban J connectivity index is 2.39. The van der Waals surface area contributed by atoms with Crippen molar-refractivity contribution in [3.63, 3.8) is 0 Å². The molecule has 2 rings (SSSR count). The third-order valence-corrected chi connectivity index (χ3v) is 5.65. The van der Waals surface area contributed by atoms with Crippen molar-refractivity contribution < 1.29 is 12.8 Å². The highest BCUT2D eigenvalue weighted by molar-refractivity contribution is 7.89. The monoisotopic (exact) mass is 286 g/mol. The summed E-state index contributed by atoms with van der Waals surface area (Å²) in [4.78, 5) is -0.325. The van der Waals surface area contributed by atoms with Gasteiger partial charge in [-0.1, -0.05) is 6.92 Å². The van der Waals surface area contributed by atoms with Crippen molar-refractivity contribution in [2.24, 2.45) is 5.92 Å². The molecule has 1 aromatic carbocycles. The molecule has 6 heteroatoms. The number of sulfonamides is 1. The van der Waals surface area contributed by atoms with Crippen molar-refractivity contribution in [2.45, 2.75) is 37.6 Å². The predicted octanol–water partition coefficient (Wildman–Crippen LogP) is 2.22. The normalized spacial score (nSPS) is 25.4. The second-order valence-corrected chi connectivity index (χ2v) is 7.14. The summed E-state index contributed by atoms with van der Waals surface area (Å²) in [5.74, 6) is -0.257. The number of hydrogen-bond acceptors (Lipinski definition) is 3. The minimum absolute atomic E-state index is 0.116. The first-order valence-electron chi connectivity index (χ1n) is 6.39. The number of anilines is 1. The van der Waals surface area contributed by atoms with Gasteiger partial charge in [-0.25, -0.2) is 12.8 Å². The largest absolute Gasteiger partial charge is 0.399 e. The average Bonchev–Trinajstić information content (AvgIpc) is 2.31. The fourth-order valence-electron chi connectivity index (χ4n) is 2.59. The average molecular weight is 286 g/mol. The van der Waals surface area contributed by atoms with Crippen LogP contribution in [0.3, 0.4) is 0 Å². The van der Waals surface area contributed by atoms with E-state index in [1.54, 1.807) is 0 Å². The molecule has 1 fully saturated rings. The molecule has 1 heterocycles. The van der Waals surface area contributed by atoms with E-state index >= 15 is 0 Å². The fraction of sp³-hybridized carbons (Fsp3) is 0.538. The van der Waals surface area contributed by atoms with Crippen LogP contribution in [0.1, 0.15) is 26.7 Å². The van der Waals surface area contributed by atoms with Crippen LogP contribution in [0.4, 0.5) is 10.1 Å². The number of piperidine rings is 1. The molecular weight excluding hydrogens is 267 g/mol. The lowest BCUT2D eigenvalue weighted by Crippen LogP contribution is -2.44. The summed E-state index contributed by atoms with van der Waals surface area (Å²) in [6.45, 7) is 4.39. The van der Waals surface area contributed by atoms with E-state index in [-0.39, 0.29) is 16.6 Å². The highest BCUT2D eigenvalue weighted by Gasteiger charge is 2.34. The Morgan fingerprint density at radius 2 is 2.05 bits per heavy atom. The summed E-state index contributed by atoms with van der Waals surface area (Å²) < 4.78 is 40.2. The molecule has 2 atom stereocenters. The molecule has 0 saturated carbocycles. The lowest BCUT2D eigenvalue weighted by molar-refractivity contribution is 0.219. The zero-order valence-corrected chi connectivity index (χ0v) is 12.0. The maximum atomic E-state index is 13.8. The number of nitrogens with two attached hydrogens (primary N) is 1.